The van der Waals surface area contributed by atoms with Crippen molar-refractivity contribution in [2.24, 2.45) is 11.7 Å². The van der Waals surface area contributed by atoms with Crippen molar-refractivity contribution in [2.45, 2.75) is 38.8 Å². The average Bonchev–Trinajstić information content (AvgIpc) is 3.07. The minimum atomic E-state index is -1.10. The largest absolute Gasteiger partial charge is 0.480 e. The van der Waals surface area contributed by atoms with E-state index in [4.69, 9.17) is 5.73 Å². The molecule has 0 aliphatic heterocycles. The number of carbonyl (C=O) groups is 3. The van der Waals surface area contributed by atoms with Crippen LogP contribution in [0.15, 0.2) is 30.5 Å². The fraction of sp³-hybridized carbons (Fsp3) is 0.421. The molecule has 1 aromatic carbocycles. The first-order chi connectivity index (χ1) is 12.9. The van der Waals surface area contributed by atoms with Crippen LogP contribution in [0.4, 0.5) is 0 Å². The summed E-state index contributed by atoms with van der Waals surface area (Å²) in [6.07, 6.45) is 2.59. The van der Waals surface area contributed by atoms with Crippen LogP contribution in [-0.4, -0.2) is 46.5 Å². The molecule has 0 saturated carbocycles. The minimum Gasteiger partial charge on any atom is -0.480 e. The fourth-order valence-corrected chi connectivity index (χ4v) is 2.92. The first-order valence-corrected chi connectivity index (χ1v) is 8.95. The van der Waals surface area contributed by atoms with Gasteiger partial charge in [0.15, 0.2) is 0 Å². The van der Waals surface area contributed by atoms with Gasteiger partial charge in [-0.2, -0.15) is 0 Å². The molecule has 0 fully saturated rings. The second-order valence-electron chi connectivity index (χ2n) is 6.60. The topological polar surface area (TPSA) is 137 Å². The molecule has 3 atom stereocenters. The Kier molecular flexibility index (Phi) is 6.95. The highest BCUT2D eigenvalue weighted by molar-refractivity contribution is 5.92. The summed E-state index contributed by atoms with van der Waals surface area (Å²) >= 11 is 0. The summed E-state index contributed by atoms with van der Waals surface area (Å²) in [6, 6.07) is 5.66. The number of aliphatic carboxylic acids is 1. The normalized spacial score (nSPS) is 14.3. The van der Waals surface area contributed by atoms with Crippen molar-refractivity contribution in [2.75, 3.05) is 6.54 Å². The summed E-state index contributed by atoms with van der Waals surface area (Å²) < 4.78 is 0. The molecule has 8 heteroatoms. The SMILES string of the molecule is CCC(C)C(NC(=O)C(Cc1c[nH]c2ccccc12)NC(=O)CN)C(=O)O. The molecule has 0 saturated heterocycles. The molecule has 3 unspecified atom stereocenters. The summed E-state index contributed by atoms with van der Waals surface area (Å²) in [6.45, 7) is 3.35. The Bertz CT molecular complexity index is 817. The number of rotatable bonds is 9. The van der Waals surface area contributed by atoms with Gasteiger partial charge < -0.3 is 26.5 Å². The van der Waals surface area contributed by atoms with Crippen LogP contribution in [-0.2, 0) is 20.8 Å². The molecule has 2 rings (SSSR count). The van der Waals surface area contributed by atoms with Gasteiger partial charge in [-0.05, 0) is 17.5 Å². The van der Waals surface area contributed by atoms with Crippen molar-refractivity contribution in [3.8, 4) is 0 Å². The van der Waals surface area contributed by atoms with Crippen molar-refractivity contribution in [1.29, 1.82) is 0 Å². The first-order valence-electron chi connectivity index (χ1n) is 8.95. The van der Waals surface area contributed by atoms with E-state index >= 15 is 0 Å². The lowest BCUT2D eigenvalue weighted by molar-refractivity contribution is -0.143. The van der Waals surface area contributed by atoms with Crippen LogP contribution in [0.3, 0.4) is 0 Å². The average molecular weight is 374 g/mol. The maximum atomic E-state index is 12.8. The van der Waals surface area contributed by atoms with Crippen LogP contribution in [0.5, 0.6) is 0 Å². The van der Waals surface area contributed by atoms with Gasteiger partial charge in [-0.1, -0.05) is 38.5 Å². The molecule has 6 N–H and O–H groups in total. The van der Waals surface area contributed by atoms with Gasteiger partial charge in [0.1, 0.15) is 12.1 Å². The molecule has 146 valence electrons. The predicted molar refractivity (Wildman–Crippen MR) is 102 cm³/mol. The summed E-state index contributed by atoms with van der Waals surface area (Å²) in [4.78, 5) is 39.2. The van der Waals surface area contributed by atoms with Crippen molar-refractivity contribution in [3.63, 3.8) is 0 Å². The van der Waals surface area contributed by atoms with E-state index in [9.17, 15) is 19.5 Å². The molecular formula is C19H26N4O4. The van der Waals surface area contributed by atoms with Gasteiger partial charge in [0.25, 0.3) is 0 Å². The number of hydrogen-bond donors (Lipinski definition) is 5. The van der Waals surface area contributed by atoms with E-state index in [-0.39, 0.29) is 18.9 Å². The number of benzene rings is 1. The van der Waals surface area contributed by atoms with E-state index in [1.165, 1.54) is 0 Å². The lowest BCUT2D eigenvalue weighted by atomic mass is 9.98. The first kappa shape index (κ1) is 20.4. The molecule has 0 bridgehead atoms. The van der Waals surface area contributed by atoms with Gasteiger partial charge in [0.05, 0.1) is 6.54 Å². The third kappa shape index (κ3) is 5.07. The Morgan fingerprint density at radius 1 is 1.22 bits per heavy atom. The standard InChI is InChI=1S/C19H26N4O4/c1-3-11(2)17(19(26)27)23-18(25)15(22-16(24)9-20)8-12-10-21-14-7-5-4-6-13(12)14/h4-7,10-11,15,17,21H,3,8-9,20H2,1-2H3,(H,22,24)(H,23,25)(H,26,27). The Hall–Kier alpha value is -2.87. The van der Waals surface area contributed by atoms with Crippen molar-refractivity contribution < 1.29 is 19.5 Å². The van der Waals surface area contributed by atoms with Crippen LogP contribution in [0.25, 0.3) is 10.9 Å². The van der Waals surface area contributed by atoms with E-state index in [0.29, 0.717) is 6.42 Å². The number of hydrogen-bond acceptors (Lipinski definition) is 4. The molecule has 27 heavy (non-hydrogen) atoms. The molecule has 1 aromatic heterocycles. The van der Waals surface area contributed by atoms with E-state index in [1.807, 2.05) is 31.2 Å². The highest BCUT2D eigenvalue weighted by atomic mass is 16.4. The van der Waals surface area contributed by atoms with Crippen LogP contribution in [0.1, 0.15) is 25.8 Å². The summed E-state index contributed by atoms with van der Waals surface area (Å²) in [7, 11) is 0. The number of aromatic amines is 1. The van der Waals surface area contributed by atoms with Crippen LogP contribution in [0.2, 0.25) is 0 Å². The second-order valence-corrected chi connectivity index (χ2v) is 6.60. The third-order valence-electron chi connectivity index (χ3n) is 4.71. The van der Waals surface area contributed by atoms with Crippen LogP contribution >= 0.6 is 0 Å². The lowest BCUT2D eigenvalue weighted by Crippen LogP contribution is -2.54. The molecule has 0 aliphatic carbocycles. The number of para-hydroxylation sites is 1. The van der Waals surface area contributed by atoms with E-state index in [1.54, 1.807) is 13.1 Å². The molecular weight excluding hydrogens is 348 g/mol. The highest BCUT2D eigenvalue weighted by Crippen LogP contribution is 2.19. The maximum absolute atomic E-state index is 12.8. The van der Waals surface area contributed by atoms with E-state index in [2.05, 4.69) is 15.6 Å². The zero-order valence-electron chi connectivity index (χ0n) is 15.5. The molecule has 0 aliphatic rings. The third-order valence-corrected chi connectivity index (χ3v) is 4.71. The van der Waals surface area contributed by atoms with Gasteiger partial charge in [0, 0.05) is 23.5 Å². The number of nitrogens with one attached hydrogen (secondary N) is 3. The number of nitrogens with two attached hydrogens (primary N) is 1. The van der Waals surface area contributed by atoms with Crippen molar-refractivity contribution >= 4 is 28.7 Å². The Morgan fingerprint density at radius 3 is 2.56 bits per heavy atom. The quantitative estimate of drug-likeness (QED) is 0.441. The zero-order valence-corrected chi connectivity index (χ0v) is 15.5. The van der Waals surface area contributed by atoms with Gasteiger partial charge in [-0.3, -0.25) is 9.59 Å². The number of carbonyl (C=O) groups excluding carboxylic acids is 2. The number of H-pyrrole nitrogens is 1. The number of carboxylic acids is 1. The summed E-state index contributed by atoms with van der Waals surface area (Å²) in [5.41, 5.74) is 7.12. The van der Waals surface area contributed by atoms with E-state index < -0.39 is 29.9 Å². The van der Waals surface area contributed by atoms with Gasteiger partial charge in [-0.25, -0.2) is 4.79 Å². The van der Waals surface area contributed by atoms with Crippen LogP contribution < -0.4 is 16.4 Å². The predicted octanol–water partition coefficient (Wildman–Crippen LogP) is 0.769. The Balaban J connectivity index is 2.23. The van der Waals surface area contributed by atoms with Crippen molar-refractivity contribution in [3.05, 3.63) is 36.0 Å². The molecule has 8 nitrogen and oxygen atoms in total. The molecule has 2 amide bonds. The Morgan fingerprint density at radius 2 is 1.93 bits per heavy atom. The molecule has 1 heterocycles. The highest BCUT2D eigenvalue weighted by Gasteiger charge is 2.29. The fourth-order valence-electron chi connectivity index (χ4n) is 2.92. The molecule has 2 aromatic rings. The monoisotopic (exact) mass is 374 g/mol. The maximum Gasteiger partial charge on any atom is 0.326 e. The van der Waals surface area contributed by atoms with Gasteiger partial charge in [-0.15, -0.1) is 0 Å². The number of fused-ring (bicyclic) bond motifs is 1. The smallest absolute Gasteiger partial charge is 0.326 e. The summed E-state index contributed by atoms with van der Waals surface area (Å²) in [5, 5.41) is 15.5. The molecule has 0 radical (unpaired) electrons. The summed E-state index contributed by atoms with van der Waals surface area (Å²) in [5.74, 6) is -2.38. The number of carboxylic acid groups (broad SMARTS) is 1. The lowest BCUT2D eigenvalue weighted by Gasteiger charge is -2.24. The number of amides is 2. The minimum absolute atomic E-state index is 0.217. The molecule has 0 spiro atoms. The zero-order chi connectivity index (χ0) is 20.0. The van der Waals surface area contributed by atoms with Crippen molar-refractivity contribution in [1.82, 2.24) is 15.6 Å². The van der Waals surface area contributed by atoms with Gasteiger partial charge in [0.2, 0.25) is 11.8 Å². The Labute approximate surface area is 157 Å². The second kappa shape index (κ2) is 9.18. The van der Waals surface area contributed by atoms with E-state index in [0.717, 1.165) is 16.5 Å². The number of aromatic nitrogens is 1. The van der Waals surface area contributed by atoms with Gasteiger partial charge >= 0.3 is 5.97 Å². The van der Waals surface area contributed by atoms with Crippen LogP contribution in [0, 0.1) is 5.92 Å².